The van der Waals surface area contributed by atoms with Crippen molar-refractivity contribution in [1.82, 2.24) is 4.90 Å². The Morgan fingerprint density at radius 1 is 1.43 bits per heavy atom. The van der Waals surface area contributed by atoms with Crippen molar-refractivity contribution < 1.29 is 0 Å². The minimum atomic E-state index is 0.723. The highest BCUT2D eigenvalue weighted by atomic mass is 35.5. The van der Waals surface area contributed by atoms with Crippen molar-refractivity contribution in [2.24, 2.45) is 4.99 Å². The van der Waals surface area contributed by atoms with E-state index in [0.717, 1.165) is 23.0 Å². The van der Waals surface area contributed by atoms with Crippen LogP contribution in [0.25, 0.3) is 0 Å². The van der Waals surface area contributed by atoms with Gasteiger partial charge >= 0.3 is 0 Å². The predicted octanol–water partition coefficient (Wildman–Crippen LogP) is 3.34. The Kier molecular flexibility index (Phi) is 3.96. The summed E-state index contributed by atoms with van der Waals surface area (Å²) >= 11 is 5.87. The number of nitrogens with zero attached hydrogens (tertiary/aromatic N) is 2. The number of halogens is 1. The molecular formula is C11H15ClN2. The topological polar surface area (TPSA) is 15.6 Å². The van der Waals surface area contributed by atoms with Gasteiger partial charge in [-0.25, -0.2) is 4.99 Å². The maximum atomic E-state index is 5.87. The zero-order valence-corrected chi connectivity index (χ0v) is 9.54. The van der Waals surface area contributed by atoms with Gasteiger partial charge in [0.1, 0.15) is 5.84 Å². The molecule has 2 nitrogen and oxygen atoms in total. The maximum Gasteiger partial charge on any atom is 0.104 e. The molecular weight excluding hydrogens is 196 g/mol. The number of benzene rings is 1. The van der Waals surface area contributed by atoms with E-state index < -0.39 is 0 Å². The van der Waals surface area contributed by atoms with Gasteiger partial charge in [0.05, 0.1) is 5.69 Å². The van der Waals surface area contributed by atoms with Crippen LogP contribution in [0.4, 0.5) is 5.69 Å². The maximum absolute atomic E-state index is 5.87. The van der Waals surface area contributed by atoms with Crippen LogP contribution in [0.15, 0.2) is 29.3 Å². The van der Waals surface area contributed by atoms with Crippen molar-refractivity contribution in [3.63, 3.8) is 0 Å². The number of hydrogen-bond donors (Lipinski definition) is 0. The van der Waals surface area contributed by atoms with E-state index in [4.69, 9.17) is 11.6 Å². The SMILES string of the molecule is CCC(=Nc1cccc(Cl)c1)N(C)C. The van der Waals surface area contributed by atoms with E-state index in [2.05, 4.69) is 11.9 Å². The molecule has 0 saturated carbocycles. The second kappa shape index (κ2) is 5.01. The quantitative estimate of drug-likeness (QED) is 0.540. The first-order valence-corrected chi connectivity index (χ1v) is 5.01. The molecule has 0 spiro atoms. The molecule has 0 aromatic heterocycles. The smallest absolute Gasteiger partial charge is 0.104 e. The van der Waals surface area contributed by atoms with Gasteiger partial charge in [-0.05, 0) is 18.2 Å². The average Bonchev–Trinajstić information content (AvgIpc) is 2.14. The van der Waals surface area contributed by atoms with Gasteiger partial charge in [0.25, 0.3) is 0 Å². The monoisotopic (exact) mass is 210 g/mol. The molecule has 0 fully saturated rings. The van der Waals surface area contributed by atoms with Gasteiger partial charge in [-0.3, -0.25) is 0 Å². The van der Waals surface area contributed by atoms with Crippen LogP contribution in [0, 0.1) is 0 Å². The Morgan fingerprint density at radius 3 is 2.64 bits per heavy atom. The highest BCUT2D eigenvalue weighted by Crippen LogP contribution is 2.18. The summed E-state index contributed by atoms with van der Waals surface area (Å²) in [6.45, 7) is 2.09. The summed E-state index contributed by atoms with van der Waals surface area (Å²) < 4.78 is 0. The Labute approximate surface area is 90.2 Å². The minimum absolute atomic E-state index is 0.723. The fraction of sp³-hybridized carbons (Fsp3) is 0.364. The zero-order valence-electron chi connectivity index (χ0n) is 8.79. The fourth-order valence-corrected chi connectivity index (χ4v) is 1.37. The Hall–Kier alpha value is -1.02. The van der Waals surface area contributed by atoms with Crippen molar-refractivity contribution >= 4 is 23.1 Å². The largest absolute Gasteiger partial charge is 0.366 e. The van der Waals surface area contributed by atoms with Gasteiger partial charge in [0.15, 0.2) is 0 Å². The summed E-state index contributed by atoms with van der Waals surface area (Å²) in [5, 5.41) is 0.723. The molecule has 0 aliphatic heterocycles. The second-order valence-electron chi connectivity index (χ2n) is 3.26. The molecule has 0 heterocycles. The number of hydrogen-bond acceptors (Lipinski definition) is 1. The third kappa shape index (κ3) is 3.04. The van der Waals surface area contributed by atoms with E-state index in [9.17, 15) is 0 Å². The van der Waals surface area contributed by atoms with E-state index in [0.29, 0.717) is 0 Å². The van der Waals surface area contributed by atoms with Crippen LogP contribution in [0.1, 0.15) is 13.3 Å². The molecule has 1 aromatic carbocycles. The summed E-state index contributed by atoms with van der Waals surface area (Å²) in [5.74, 6) is 1.05. The van der Waals surface area contributed by atoms with Crippen LogP contribution in [0.3, 0.4) is 0 Å². The normalized spacial score (nSPS) is 11.6. The van der Waals surface area contributed by atoms with E-state index in [-0.39, 0.29) is 0 Å². The van der Waals surface area contributed by atoms with Gasteiger partial charge in [-0.1, -0.05) is 24.6 Å². The van der Waals surface area contributed by atoms with Crippen LogP contribution in [-0.2, 0) is 0 Å². The van der Waals surface area contributed by atoms with Crippen LogP contribution >= 0.6 is 11.6 Å². The first-order chi connectivity index (χ1) is 6.63. The third-order valence-electron chi connectivity index (χ3n) is 1.90. The predicted molar refractivity (Wildman–Crippen MR) is 62.5 cm³/mol. The standard InChI is InChI=1S/C11H15ClN2/c1-4-11(14(2)3)13-10-7-5-6-9(12)8-10/h5-8H,4H2,1-3H3. The minimum Gasteiger partial charge on any atom is -0.366 e. The lowest BCUT2D eigenvalue weighted by molar-refractivity contribution is 0.608. The molecule has 0 radical (unpaired) electrons. The van der Waals surface area contributed by atoms with Crippen LogP contribution in [-0.4, -0.2) is 24.8 Å². The first kappa shape index (κ1) is 11.1. The van der Waals surface area contributed by atoms with Gasteiger partial charge in [0, 0.05) is 25.5 Å². The number of amidine groups is 1. The second-order valence-corrected chi connectivity index (χ2v) is 3.69. The van der Waals surface area contributed by atoms with Gasteiger partial charge in [0.2, 0.25) is 0 Å². The molecule has 0 unspecified atom stereocenters. The lowest BCUT2D eigenvalue weighted by Gasteiger charge is -2.13. The first-order valence-electron chi connectivity index (χ1n) is 4.64. The van der Waals surface area contributed by atoms with Crippen molar-refractivity contribution in [3.05, 3.63) is 29.3 Å². The Morgan fingerprint density at radius 2 is 2.14 bits per heavy atom. The number of aliphatic imine (C=N–C) groups is 1. The molecule has 14 heavy (non-hydrogen) atoms. The molecule has 0 saturated heterocycles. The molecule has 0 atom stereocenters. The molecule has 0 N–H and O–H groups in total. The van der Waals surface area contributed by atoms with E-state index in [1.165, 1.54) is 0 Å². The van der Waals surface area contributed by atoms with Crippen LogP contribution in [0.2, 0.25) is 5.02 Å². The molecule has 1 aromatic rings. The summed E-state index contributed by atoms with van der Waals surface area (Å²) in [5.41, 5.74) is 0.906. The van der Waals surface area contributed by atoms with Crippen molar-refractivity contribution in [2.45, 2.75) is 13.3 Å². The van der Waals surface area contributed by atoms with Crippen molar-refractivity contribution in [1.29, 1.82) is 0 Å². The molecule has 76 valence electrons. The summed E-state index contributed by atoms with van der Waals surface area (Å²) in [6.07, 6.45) is 0.916. The van der Waals surface area contributed by atoms with E-state index in [1.54, 1.807) is 0 Å². The highest BCUT2D eigenvalue weighted by molar-refractivity contribution is 6.30. The Balaban J connectivity index is 2.94. The molecule has 1 rings (SSSR count). The molecule has 0 amide bonds. The molecule has 3 heteroatoms. The van der Waals surface area contributed by atoms with E-state index >= 15 is 0 Å². The van der Waals surface area contributed by atoms with Crippen molar-refractivity contribution in [2.75, 3.05) is 14.1 Å². The lowest BCUT2D eigenvalue weighted by Crippen LogP contribution is -2.20. The highest BCUT2D eigenvalue weighted by Gasteiger charge is 1.98. The third-order valence-corrected chi connectivity index (χ3v) is 2.13. The van der Waals surface area contributed by atoms with Crippen LogP contribution in [0.5, 0.6) is 0 Å². The number of rotatable bonds is 2. The average molecular weight is 211 g/mol. The fourth-order valence-electron chi connectivity index (χ4n) is 1.19. The summed E-state index contributed by atoms with van der Waals surface area (Å²) in [6, 6.07) is 7.57. The van der Waals surface area contributed by atoms with Gasteiger partial charge < -0.3 is 4.90 Å². The van der Waals surface area contributed by atoms with Gasteiger partial charge in [-0.15, -0.1) is 0 Å². The lowest BCUT2D eigenvalue weighted by atomic mass is 10.3. The molecule has 0 aliphatic rings. The van der Waals surface area contributed by atoms with Gasteiger partial charge in [-0.2, -0.15) is 0 Å². The summed E-state index contributed by atoms with van der Waals surface area (Å²) in [4.78, 5) is 6.51. The zero-order chi connectivity index (χ0) is 10.6. The molecule has 0 aliphatic carbocycles. The molecule has 0 bridgehead atoms. The van der Waals surface area contributed by atoms with Crippen molar-refractivity contribution in [3.8, 4) is 0 Å². The summed E-state index contributed by atoms with van der Waals surface area (Å²) in [7, 11) is 3.99. The van der Waals surface area contributed by atoms with E-state index in [1.807, 2.05) is 43.3 Å². The Bertz CT molecular complexity index is 332. The van der Waals surface area contributed by atoms with Crippen LogP contribution < -0.4 is 0 Å².